The predicted octanol–water partition coefficient (Wildman–Crippen LogP) is 3.44. The molecule has 2 aromatic rings. The molecule has 0 saturated heterocycles. The molecule has 26 heavy (non-hydrogen) atoms. The van der Waals surface area contributed by atoms with Gasteiger partial charge < -0.3 is 18.9 Å². The molecule has 0 atom stereocenters. The topological polar surface area (TPSA) is 71.1 Å². The summed E-state index contributed by atoms with van der Waals surface area (Å²) in [5.41, 5.74) is 2.45. The highest BCUT2D eigenvalue weighted by Crippen LogP contribution is 2.47. The van der Waals surface area contributed by atoms with Crippen molar-refractivity contribution in [3.63, 3.8) is 0 Å². The second-order valence-electron chi connectivity index (χ2n) is 5.62. The third-order valence-corrected chi connectivity index (χ3v) is 3.78. The molecule has 0 radical (unpaired) electrons. The highest BCUT2D eigenvalue weighted by atomic mass is 16.6. The summed E-state index contributed by atoms with van der Waals surface area (Å²) >= 11 is 0. The Kier molecular flexibility index (Phi) is 4.93. The van der Waals surface area contributed by atoms with E-state index in [-0.39, 0.29) is 18.1 Å². The maximum Gasteiger partial charge on any atom is 0.308 e. The fourth-order valence-electron chi connectivity index (χ4n) is 2.80. The van der Waals surface area contributed by atoms with Crippen molar-refractivity contribution in [1.82, 2.24) is 0 Å². The fourth-order valence-corrected chi connectivity index (χ4v) is 2.80. The number of hydrogen-bond acceptors (Lipinski definition) is 6. The van der Waals surface area contributed by atoms with E-state index >= 15 is 0 Å². The van der Waals surface area contributed by atoms with Crippen molar-refractivity contribution in [2.24, 2.45) is 0 Å². The molecule has 0 unspecified atom stereocenters. The van der Waals surface area contributed by atoms with Crippen LogP contribution in [-0.2, 0) is 14.3 Å². The largest absolute Gasteiger partial charge is 0.496 e. The van der Waals surface area contributed by atoms with Crippen LogP contribution < -0.4 is 14.2 Å². The lowest BCUT2D eigenvalue weighted by Crippen LogP contribution is -2.15. The van der Waals surface area contributed by atoms with E-state index < -0.39 is 11.9 Å². The van der Waals surface area contributed by atoms with Crippen LogP contribution in [0.5, 0.6) is 17.2 Å². The van der Waals surface area contributed by atoms with Gasteiger partial charge in [0.1, 0.15) is 12.4 Å². The Hall–Kier alpha value is -3.28. The average molecular weight is 354 g/mol. The first-order chi connectivity index (χ1) is 12.5. The highest BCUT2D eigenvalue weighted by molar-refractivity contribution is 5.93. The van der Waals surface area contributed by atoms with Gasteiger partial charge in [0.25, 0.3) is 0 Å². The Bertz CT molecular complexity index is 883. The number of benzene rings is 2. The summed E-state index contributed by atoms with van der Waals surface area (Å²) in [5, 5.41) is 0. The van der Waals surface area contributed by atoms with E-state index in [0.717, 1.165) is 11.1 Å². The van der Waals surface area contributed by atoms with Crippen LogP contribution in [0.15, 0.2) is 42.5 Å². The van der Waals surface area contributed by atoms with Crippen molar-refractivity contribution < 1.29 is 28.5 Å². The summed E-state index contributed by atoms with van der Waals surface area (Å²) in [5.74, 6) is 0.0153. The number of rotatable bonds is 4. The van der Waals surface area contributed by atoms with Gasteiger partial charge in [0, 0.05) is 19.4 Å². The standard InChI is InChI=1S/C20H18O6/c1-12(21)25-17-10-9-15-18(23-3)16(14-7-5-4-6-8-14)11-24-19(15)20(17)26-13(2)22/h4-10H,11H2,1-3H3. The number of methoxy groups -OCH3 is 1. The molecule has 3 rings (SSSR count). The molecule has 1 heterocycles. The first-order valence-corrected chi connectivity index (χ1v) is 8.00. The average Bonchev–Trinajstić information content (AvgIpc) is 2.62. The van der Waals surface area contributed by atoms with Gasteiger partial charge in [-0.15, -0.1) is 0 Å². The van der Waals surface area contributed by atoms with Gasteiger partial charge in [-0.3, -0.25) is 9.59 Å². The summed E-state index contributed by atoms with van der Waals surface area (Å²) in [4.78, 5) is 22.9. The summed E-state index contributed by atoms with van der Waals surface area (Å²) in [7, 11) is 1.57. The van der Waals surface area contributed by atoms with Crippen LogP contribution in [0.3, 0.4) is 0 Å². The van der Waals surface area contributed by atoms with Gasteiger partial charge in [-0.1, -0.05) is 30.3 Å². The smallest absolute Gasteiger partial charge is 0.308 e. The zero-order chi connectivity index (χ0) is 18.7. The normalized spacial score (nSPS) is 12.7. The Labute approximate surface area is 150 Å². The molecule has 0 fully saturated rings. The molecule has 1 aliphatic rings. The second-order valence-corrected chi connectivity index (χ2v) is 5.62. The Balaban J connectivity index is 2.17. The van der Waals surface area contributed by atoms with Gasteiger partial charge in [-0.05, 0) is 17.7 Å². The Morgan fingerprint density at radius 2 is 1.65 bits per heavy atom. The van der Waals surface area contributed by atoms with Gasteiger partial charge >= 0.3 is 11.9 Å². The van der Waals surface area contributed by atoms with E-state index in [2.05, 4.69) is 0 Å². The predicted molar refractivity (Wildman–Crippen MR) is 94.8 cm³/mol. The highest BCUT2D eigenvalue weighted by Gasteiger charge is 2.29. The van der Waals surface area contributed by atoms with Gasteiger partial charge in [0.05, 0.1) is 12.7 Å². The third-order valence-electron chi connectivity index (χ3n) is 3.78. The second kappa shape index (κ2) is 7.31. The first-order valence-electron chi connectivity index (χ1n) is 8.00. The van der Waals surface area contributed by atoms with Crippen LogP contribution in [-0.4, -0.2) is 25.7 Å². The Morgan fingerprint density at radius 3 is 2.27 bits per heavy atom. The maximum absolute atomic E-state index is 11.5. The fraction of sp³-hybridized carbons (Fsp3) is 0.200. The van der Waals surface area contributed by atoms with Crippen molar-refractivity contribution in [2.45, 2.75) is 13.8 Å². The van der Waals surface area contributed by atoms with E-state index in [4.69, 9.17) is 18.9 Å². The monoisotopic (exact) mass is 354 g/mol. The summed E-state index contributed by atoms with van der Waals surface area (Å²) in [6.45, 7) is 2.76. The molecular formula is C20H18O6. The van der Waals surface area contributed by atoms with Crippen molar-refractivity contribution in [3.05, 3.63) is 53.6 Å². The number of carbonyl (C=O) groups excluding carboxylic acids is 2. The van der Waals surface area contributed by atoms with Gasteiger partial charge in [-0.2, -0.15) is 0 Å². The van der Waals surface area contributed by atoms with Crippen LogP contribution in [0, 0.1) is 0 Å². The van der Waals surface area contributed by atoms with E-state index in [1.165, 1.54) is 13.8 Å². The number of carbonyl (C=O) groups is 2. The summed E-state index contributed by atoms with van der Waals surface area (Å²) < 4.78 is 21.9. The quantitative estimate of drug-likeness (QED) is 0.619. The Morgan fingerprint density at radius 1 is 0.962 bits per heavy atom. The van der Waals surface area contributed by atoms with Crippen LogP contribution in [0.1, 0.15) is 25.0 Å². The number of hydrogen-bond donors (Lipinski definition) is 0. The van der Waals surface area contributed by atoms with Crippen LogP contribution in [0.2, 0.25) is 0 Å². The van der Waals surface area contributed by atoms with Crippen molar-refractivity contribution >= 4 is 23.3 Å². The molecule has 2 aromatic carbocycles. The maximum atomic E-state index is 11.5. The summed E-state index contributed by atoms with van der Waals surface area (Å²) in [6, 6.07) is 13.0. The molecule has 1 aliphatic heterocycles. The lowest BCUT2D eigenvalue weighted by Gasteiger charge is -2.25. The molecule has 0 aromatic heterocycles. The summed E-state index contributed by atoms with van der Waals surface area (Å²) in [6.07, 6.45) is 0. The van der Waals surface area contributed by atoms with Crippen molar-refractivity contribution in [1.29, 1.82) is 0 Å². The minimum atomic E-state index is -0.549. The third kappa shape index (κ3) is 3.39. The lowest BCUT2D eigenvalue weighted by molar-refractivity contribution is -0.134. The number of ether oxygens (including phenoxy) is 4. The van der Waals surface area contributed by atoms with E-state index in [1.807, 2.05) is 30.3 Å². The van der Waals surface area contributed by atoms with Crippen molar-refractivity contribution in [2.75, 3.05) is 13.7 Å². The van der Waals surface area contributed by atoms with Crippen molar-refractivity contribution in [3.8, 4) is 17.2 Å². The molecule has 6 heteroatoms. The molecule has 0 bridgehead atoms. The molecule has 6 nitrogen and oxygen atoms in total. The molecular weight excluding hydrogens is 336 g/mol. The van der Waals surface area contributed by atoms with Gasteiger partial charge in [-0.25, -0.2) is 0 Å². The minimum absolute atomic E-state index is 0.0619. The SMILES string of the molecule is COC1=C(c2ccccc2)COc2c1ccc(OC(C)=O)c2OC(C)=O. The molecule has 0 amide bonds. The molecule has 0 saturated carbocycles. The van der Waals surface area contributed by atoms with E-state index in [9.17, 15) is 9.59 Å². The van der Waals surface area contributed by atoms with Crippen LogP contribution in [0.25, 0.3) is 11.3 Å². The van der Waals surface area contributed by atoms with Crippen LogP contribution >= 0.6 is 0 Å². The zero-order valence-electron chi connectivity index (χ0n) is 14.7. The minimum Gasteiger partial charge on any atom is -0.496 e. The van der Waals surface area contributed by atoms with E-state index in [1.54, 1.807) is 19.2 Å². The number of esters is 2. The lowest BCUT2D eigenvalue weighted by atomic mass is 9.98. The molecule has 134 valence electrons. The molecule has 0 spiro atoms. The van der Waals surface area contributed by atoms with Crippen LogP contribution in [0.4, 0.5) is 0 Å². The first kappa shape index (κ1) is 17.5. The molecule has 0 aliphatic carbocycles. The van der Waals surface area contributed by atoms with Gasteiger partial charge in [0.2, 0.25) is 5.75 Å². The van der Waals surface area contributed by atoms with Gasteiger partial charge in [0.15, 0.2) is 11.5 Å². The molecule has 0 N–H and O–H groups in total. The van der Waals surface area contributed by atoms with E-state index in [0.29, 0.717) is 17.1 Å². The zero-order valence-corrected chi connectivity index (χ0v) is 14.7. The number of fused-ring (bicyclic) bond motifs is 1.